The van der Waals surface area contributed by atoms with Gasteiger partial charge in [-0.05, 0) is 29.8 Å². The summed E-state index contributed by atoms with van der Waals surface area (Å²) in [5.74, 6) is 0.513. The highest BCUT2D eigenvalue weighted by Gasteiger charge is 2.10. The molecular weight excluding hydrogens is 370 g/mol. The van der Waals surface area contributed by atoms with Gasteiger partial charge in [-0.2, -0.15) is 5.26 Å². The van der Waals surface area contributed by atoms with E-state index in [1.165, 1.54) is 0 Å². The molecular formula is C23H16ClN3O. The first-order chi connectivity index (χ1) is 13.6. The van der Waals surface area contributed by atoms with E-state index in [4.69, 9.17) is 27.1 Å². The van der Waals surface area contributed by atoms with E-state index in [1.54, 1.807) is 24.3 Å². The molecule has 4 nitrogen and oxygen atoms in total. The average Bonchev–Trinajstić information content (AvgIpc) is 2.73. The maximum Gasteiger partial charge on any atom is 0.139 e. The standard InChI is InChI=1S/C23H16ClN3O/c24-19-11-17(6-8-20(19)26)21-9-7-16-10-18(13-25)23(12-22(16)27-21)28-14-15-4-2-1-3-5-15/h1-12H,14,26H2. The number of fused-ring (bicyclic) bond motifs is 1. The van der Waals surface area contributed by atoms with Gasteiger partial charge >= 0.3 is 0 Å². The molecule has 136 valence electrons. The number of nitrogens with two attached hydrogens (primary N) is 1. The van der Waals surface area contributed by atoms with Gasteiger partial charge in [0.25, 0.3) is 0 Å². The van der Waals surface area contributed by atoms with Crippen molar-refractivity contribution in [1.29, 1.82) is 5.26 Å². The maximum atomic E-state index is 9.49. The Morgan fingerprint density at radius 3 is 2.57 bits per heavy atom. The molecule has 2 N–H and O–H groups in total. The van der Waals surface area contributed by atoms with Crippen LogP contribution in [0, 0.1) is 11.3 Å². The molecule has 1 aromatic heterocycles. The fourth-order valence-electron chi connectivity index (χ4n) is 2.94. The van der Waals surface area contributed by atoms with Gasteiger partial charge in [-0.1, -0.05) is 54.1 Å². The first-order valence-corrected chi connectivity index (χ1v) is 9.09. The normalized spacial score (nSPS) is 10.6. The minimum atomic E-state index is 0.383. The second kappa shape index (κ2) is 7.59. The van der Waals surface area contributed by atoms with Crippen LogP contribution in [0.1, 0.15) is 11.1 Å². The Balaban J connectivity index is 1.71. The highest BCUT2D eigenvalue weighted by Crippen LogP contribution is 2.30. The lowest BCUT2D eigenvalue weighted by Crippen LogP contribution is -1.98. The molecule has 0 amide bonds. The van der Waals surface area contributed by atoms with Crippen LogP contribution in [0.2, 0.25) is 5.02 Å². The molecule has 4 rings (SSSR count). The SMILES string of the molecule is N#Cc1cc2ccc(-c3ccc(N)c(Cl)c3)nc2cc1OCc1ccccc1. The summed E-state index contributed by atoms with van der Waals surface area (Å²) in [6.07, 6.45) is 0. The van der Waals surface area contributed by atoms with Crippen molar-refractivity contribution in [3.8, 4) is 23.1 Å². The number of rotatable bonds is 4. The fourth-order valence-corrected chi connectivity index (χ4v) is 3.12. The third-order valence-electron chi connectivity index (χ3n) is 4.44. The molecule has 0 aliphatic rings. The van der Waals surface area contributed by atoms with Gasteiger partial charge in [0.15, 0.2) is 0 Å². The van der Waals surface area contributed by atoms with E-state index in [9.17, 15) is 5.26 Å². The number of nitrogen functional groups attached to an aromatic ring is 1. The van der Waals surface area contributed by atoms with Gasteiger partial charge < -0.3 is 10.5 Å². The zero-order chi connectivity index (χ0) is 19.5. The lowest BCUT2D eigenvalue weighted by Gasteiger charge is -2.10. The van der Waals surface area contributed by atoms with Crippen LogP contribution >= 0.6 is 11.6 Å². The summed E-state index contributed by atoms with van der Waals surface area (Å²) in [6, 6.07) is 24.9. The second-order valence-electron chi connectivity index (χ2n) is 6.36. The number of nitrogens with zero attached hydrogens (tertiary/aromatic N) is 2. The monoisotopic (exact) mass is 385 g/mol. The number of hydrogen-bond acceptors (Lipinski definition) is 4. The minimum Gasteiger partial charge on any atom is -0.487 e. The number of hydrogen-bond donors (Lipinski definition) is 1. The number of halogens is 1. The van der Waals surface area contributed by atoms with Crippen LogP contribution in [0.15, 0.2) is 72.8 Å². The zero-order valence-corrected chi connectivity index (χ0v) is 15.6. The van der Waals surface area contributed by atoms with Crippen LogP contribution < -0.4 is 10.5 Å². The van der Waals surface area contributed by atoms with Crippen molar-refractivity contribution in [2.75, 3.05) is 5.73 Å². The molecule has 0 saturated heterocycles. The van der Waals surface area contributed by atoms with Gasteiger partial charge in [0, 0.05) is 17.0 Å². The smallest absolute Gasteiger partial charge is 0.139 e. The van der Waals surface area contributed by atoms with E-state index in [0.29, 0.717) is 28.6 Å². The summed E-state index contributed by atoms with van der Waals surface area (Å²) in [7, 11) is 0. The molecule has 0 radical (unpaired) electrons. The summed E-state index contributed by atoms with van der Waals surface area (Å²) in [5.41, 5.74) is 10.2. The van der Waals surface area contributed by atoms with E-state index < -0.39 is 0 Å². The Bertz CT molecular complexity index is 1200. The number of anilines is 1. The van der Waals surface area contributed by atoms with Gasteiger partial charge in [0.1, 0.15) is 18.4 Å². The molecule has 3 aromatic carbocycles. The molecule has 0 saturated carbocycles. The van der Waals surface area contributed by atoms with Crippen molar-refractivity contribution in [3.63, 3.8) is 0 Å². The first kappa shape index (κ1) is 17.8. The molecule has 1 heterocycles. The molecule has 0 fully saturated rings. The average molecular weight is 386 g/mol. The summed E-state index contributed by atoms with van der Waals surface area (Å²) < 4.78 is 5.90. The zero-order valence-electron chi connectivity index (χ0n) is 14.9. The maximum absolute atomic E-state index is 9.49. The molecule has 0 aliphatic carbocycles. The summed E-state index contributed by atoms with van der Waals surface area (Å²) >= 11 is 6.14. The van der Waals surface area contributed by atoms with Crippen LogP contribution in [0.3, 0.4) is 0 Å². The van der Waals surface area contributed by atoms with Crippen LogP contribution in [0.4, 0.5) is 5.69 Å². The fraction of sp³-hybridized carbons (Fsp3) is 0.0435. The largest absolute Gasteiger partial charge is 0.487 e. The van der Waals surface area contributed by atoms with Gasteiger partial charge in [0.05, 0.1) is 27.5 Å². The van der Waals surface area contributed by atoms with E-state index >= 15 is 0 Å². The topological polar surface area (TPSA) is 71.9 Å². The molecule has 0 spiro atoms. The highest BCUT2D eigenvalue weighted by atomic mass is 35.5. The Kier molecular flexibility index (Phi) is 4.84. The van der Waals surface area contributed by atoms with Gasteiger partial charge in [0.2, 0.25) is 0 Å². The third kappa shape index (κ3) is 3.62. The third-order valence-corrected chi connectivity index (χ3v) is 4.77. The lowest BCUT2D eigenvalue weighted by molar-refractivity contribution is 0.305. The Labute approximate surface area is 167 Å². The first-order valence-electron chi connectivity index (χ1n) is 8.71. The van der Waals surface area contributed by atoms with Gasteiger partial charge in [-0.15, -0.1) is 0 Å². The predicted octanol–water partition coefficient (Wildman–Crippen LogP) is 5.59. The predicted molar refractivity (Wildman–Crippen MR) is 112 cm³/mol. The van der Waals surface area contributed by atoms with Gasteiger partial charge in [-0.3, -0.25) is 0 Å². The van der Waals surface area contributed by atoms with Crippen LogP contribution in [0.25, 0.3) is 22.2 Å². The van der Waals surface area contributed by atoms with Crippen molar-refractivity contribution in [2.45, 2.75) is 6.61 Å². The van der Waals surface area contributed by atoms with Crippen molar-refractivity contribution in [1.82, 2.24) is 4.98 Å². The van der Waals surface area contributed by atoms with Crippen LogP contribution in [-0.2, 0) is 6.61 Å². The van der Waals surface area contributed by atoms with Crippen LogP contribution in [-0.4, -0.2) is 4.98 Å². The van der Waals surface area contributed by atoms with E-state index in [1.807, 2.05) is 48.5 Å². The highest BCUT2D eigenvalue weighted by molar-refractivity contribution is 6.33. The molecule has 0 bridgehead atoms. The molecule has 4 aromatic rings. The Morgan fingerprint density at radius 1 is 1.00 bits per heavy atom. The quantitative estimate of drug-likeness (QED) is 0.465. The molecule has 0 unspecified atom stereocenters. The van der Waals surface area contributed by atoms with E-state index in [-0.39, 0.29) is 0 Å². The summed E-state index contributed by atoms with van der Waals surface area (Å²) in [4.78, 5) is 4.72. The van der Waals surface area contributed by atoms with Crippen LogP contribution in [0.5, 0.6) is 5.75 Å². The Morgan fingerprint density at radius 2 is 1.82 bits per heavy atom. The van der Waals surface area contributed by atoms with Crippen molar-refractivity contribution < 1.29 is 4.74 Å². The molecule has 5 heteroatoms. The summed E-state index contributed by atoms with van der Waals surface area (Å²) in [6.45, 7) is 0.383. The molecule has 0 aliphatic heterocycles. The van der Waals surface area contributed by atoms with Crippen molar-refractivity contribution >= 4 is 28.2 Å². The Hall–Kier alpha value is -3.55. The lowest BCUT2D eigenvalue weighted by atomic mass is 10.1. The van der Waals surface area contributed by atoms with Gasteiger partial charge in [-0.25, -0.2) is 4.98 Å². The minimum absolute atomic E-state index is 0.383. The number of nitriles is 1. The number of pyridine rings is 1. The summed E-state index contributed by atoms with van der Waals surface area (Å²) in [5, 5.41) is 10.8. The van der Waals surface area contributed by atoms with Crippen molar-refractivity contribution in [3.05, 3.63) is 88.9 Å². The number of ether oxygens (including phenoxy) is 1. The van der Waals surface area contributed by atoms with E-state index in [0.717, 1.165) is 27.7 Å². The number of aromatic nitrogens is 1. The molecule has 0 atom stereocenters. The second-order valence-corrected chi connectivity index (χ2v) is 6.77. The van der Waals surface area contributed by atoms with E-state index in [2.05, 4.69) is 6.07 Å². The van der Waals surface area contributed by atoms with Crippen molar-refractivity contribution in [2.24, 2.45) is 0 Å². The number of benzene rings is 3. The molecule has 28 heavy (non-hydrogen) atoms.